The fourth-order valence-corrected chi connectivity index (χ4v) is 1.44. The van der Waals surface area contributed by atoms with Gasteiger partial charge in [-0.3, -0.25) is 9.48 Å². The Morgan fingerprint density at radius 1 is 1.53 bits per heavy atom. The van der Waals surface area contributed by atoms with Crippen LogP contribution in [0.1, 0.15) is 21.7 Å². The summed E-state index contributed by atoms with van der Waals surface area (Å²) in [5.74, 6) is -0.271. The number of hydrogen-bond donors (Lipinski definition) is 1. The van der Waals surface area contributed by atoms with Crippen LogP contribution in [0.5, 0.6) is 0 Å². The van der Waals surface area contributed by atoms with Crippen LogP contribution in [0, 0.1) is 6.92 Å². The molecule has 7 heteroatoms. The summed E-state index contributed by atoms with van der Waals surface area (Å²) < 4.78 is 6.19. The molecule has 90 valence electrons. The molecule has 2 heterocycles. The SMILES string of the molecule is Cc1nonc1C(=O)NCCc1cnn(C)c1. The first kappa shape index (κ1) is 11.3. The number of carbonyl (C=O) groups is 1. The first-order valence-corrected chi connectivity index (χ1v) is 5.21. The Morgan fingerprint density at radius 3 is 2.94 bits per heavy atom. The minimum Gasteiger partial charge on any atom is -0.350 e. The minimum atomic E-state index is -0.271. The van der Waals surface area contributed by atoms with E-state index in [4.69, 9.17) is 0 Å². The van der Waals surface area contributed by atoms with Crippen molar-refractivity contribution in [3.63, 3.8) is 0 Å². The molecule has 0 spiro atoms. The molecule has 2 aromatic heterocycles. The summed E-state index contributed by atoms with van der Waals surface area (Å²) in [6, 6.07) is 0. The summed E-state index contributed by atoms with van der Waals surface area (Å²) in [5, 5.41) is 13.9. The lowest BCUT2D eigenvalue weighted by Gasteiger charge is -2.00. The van der Waals surface area contributed by atoms with Crippen molar-refractivity contribution in [2.75, 3.05) is 6.54 Å². The summed E-state index contributed by atoms with van der Waals surface area (Å²) in [7, 11) is 1.85. The van der Waals surface area contributed by atoms with Crippen molar-refractivity contribution in [2.45, 2.75) is 13.3 Å². The van der Waals surface area contributed by atoms with E-state index in [2.05, 4.69) is 25.4 Å². The van der Waals surface area contributed by atoms with Crippen molar-refractivity contribution >= 4 is 5.91 Å². The minimum absolute atomic E-state index is 0.233. The van der Waals surface area contributed by atoms with E-state index in [1.165, 1.54) is 0 Å². The van der Waals surface area contributed by atoms with Crippen molar-refractivity contribution in [1.82, 2.24) is 25.4 Å². The Kier molecular flexibility index (Phi) is 3.17. The molecule has 2 aromatic rings. The van der Waals surface area contributed by atoms with Gasteiger partial charge >= 0.3 is 0 Å². The van der Waals surface area contributed by atoms with Gasteiger partial charge in [-0.15, -0.1) is 0 Å². The monoisotopic (exact) mass is 235 g/mol. The molecule has 1 amide bonds. The summed E-state index contributed by atoms with van der Waals surface area (Å²) in [4.78, 5) is 11.6. The molecule has 0 aliphatic carbocycles. The van der Waals surface area contributed by atoms with Crippen LogP contribution >= 0.6 is 0 Å². The Bertz CT molecular complexity index is 516. The quantitative estimate of drug-likeness (QED) is 0.811. The average molecular weight is 235 g/mol. The summed E-state index contributed by atoms with van der Waals surface area (Å²) in [6.45, 7) is 2.20. The molecule has 0 aliphatic rings. The lowest BCUT2D eigenvalue weighted by atomic mass is 10.2. The van der Waals surface area contributed by atoms with Gasteiger partial charge in [0.1, 0.15) is 5.69 Å². The predicted octanol–water partition coefficient (Wildman–Crippen LogP) is 0.0840. The van der Waals surface area contributed by atoms with Gasteiger partial charge in [0.2, 0.25) is 0 Å². The lowest BCUT2D eigenvalue weighted by Crippen LogP contribution is -2.26. The largest absolute Gasteiger partial charge is 0.350 e. The number of nitrogens with one attached hydrogen (secondary N) is 1. The molecule has 0 radical (unpaired) electrons. The number of rotatable bonds is 4. The zero-order valence-corrected chi connectivity index (χ0v) is 9.67. The third kappa shape index (κ3) is 2.68. The Hall–Kier alpha value is -2.18. The van der Waals surface area contributed by atoms with E-state index < -0.39 is 0 Å². The Balaban J connectivity index is 1.83. The number of amides is 1. The first-order chi connectivity index (χ1) is 8.16. The van der Waals surface area contributed by atoms with Gasteiger partial charge in [-0.1, -0.05) is 5.16 Å². The highest BCUT2D eigenvalue weighted by Gasteiger charge is 2.13. The highest BCUT2D eigenvalue weighted by Crippen LogP contribution is 2.00. The summed E-state index contributed by atoms with van der Waals surface area (Å²) in [6.07, 6.45) is 4.41. The number of hydrogen-bond acceptors (Lipinski definition) is 5. The second-order valence-corrected chi connectivity index (χ2v) is 3.73. The third-order valence-corrected chi connectivity index (χ3v) is 2.33. The van der Waals surface area contributed by atoms with Crippen molar-refractivity contribution in [1.29, 1.82) is 0 Å². The lowest BCUT2D eigenvalue weighted by molar-refractivity contribution is 0.0944. The van der Waals surface area contributed by atoms with E-state index in [-0.39, 0.29) is 11.6 Å². The van der Waals surface area contributed by atoms with E-state index >= 15 is 0 Å². The molecule has 0 atom stereocenters. The molecule has 2 rings (SSSR count). The van der Waals surface area contributed by atoms with E-state index in [0.717, 1.165) is 12.0 Å². The van der Waals surface area contributed by atoms with E-state index in [0.29, 0.717) is 12.2 Å². The van der Waals surface area contributed by atoms with Gasteiger partial charge in [-0.2, -0.15) is 5.10 Å². The topological polar surface area (TPSA) is 85.8 Å². The number of carbonyl (C=O) groups excluding carboxylic acids is 1. The van der Waals surface area contributed by atoms with Crippen LogP contribution in [0.15, 0.2) is 17.0 Å². The Morgan fingerprint density at radius 2 is 2.35 bits per heavy atom. The van der Waals surface area contributed by atoms with Crippen LogP contribution in [0.2, 0.25) is 0 Å². The normalized spacial score (nSPS) is 10.5. The van der Waals surface area contributed by atoms with Crippen LogP contribution in [0.4, 0.5) is 0 Å². The molecule has 0 saturated heterocycles. The average Bonchev–Trinajstić information content (AvgIpc) is 2.87. The molecule has 1 N–H and O–H groups in total. The molecular weight excluding hydrogens is 222 g/mol. The molecule has 0 aliphatic heterocycles. The van der Waals surface area contributed by atoms with Gasteiger partial charge in [-0.25, -0.2) is 4.63 Å². The number of aryl methyl sites for hydroxylation is 2. The molecule has 0 saturated carbocycles. The second-order valence-electron chi connectivity index (χ2n) is 3.73. The van der Waals surface area contributed by atoms with Crippen molar-refractivity contribution < 1.29 is 9.42 Å². The van der Waals surface area contributed by atoms with E-state index in [1.807, 2.05) is 13.2 Å². The molecule has 0 fully saturated rings. The van der Waals surface area contributed by atoms with Gasteiger partial charge in [0.25, 0.3) is 5.91 Å². The molecule has 0 unspecified atom stereocenters. The standard InChI is InChI=1S/C10H13N5O2/c1-7-9(14-17-13-7)10(16)11-4-3-8-5-12-15(2)6-8/h5-6H,3-4H2,1-2H3,(H,11,16). The van der Waals surface area contributed by atoms with Gasteiger partial charge in [0.05, 0.1) is 6.20 Å². The maximum atomic E-state index is 11.6. The van der Waals surface area contributed by atoms with Crippen LogP contribution < -0.4 is 5.32 Å². The first-order valence-electron chi connectivity index (χ1n) is 5.21. The zero-order valence-electron chi connectivity index (χ0n) is 9.67. The second kappa shape index (κ2) is 4.77. The van der Waals surface area contributed by atoms with E-state index in [1.54, 1.807) is 17.8 Å². The van der Waals surface area contributed by atoms with Gasteiger partial charge < -0.3 is 5.32 Å². The zero-order chi connectivity index (χ0) is 12.3. The van der Waals surface area contributed by atoms with Crippen LogP contribution in [0.3, 0.4) is 0 Å². The summed E-state index contributed by atoms with van der Waals surface area (Å²) in [5.41, 5.74) is 1.79. The van der Waals surface area contributed by atoms with Crippen LogP contribution in [-0.4, -0.2) is 32.5 Å². The fraction of sp³-hybridized carbons (Fsp3) is 0.400. The molecular formula is C10H13N5O2. The van der Waals surface area contributed by atoms with Crippen molar-refractivity contribution in [3.8, 4) is 0 Å². The molecule has 0 bridgehead atoms. The smallest absolute Gasteiger partial charge is 0.275 e. The number of aromatic nitrogens is 4. The van der Waals surface area contributed by atoms with E-state index in [9.17, 15) is 4.79 Å². The van der Waals surface area contributed by atoms with Crippen molar-refractivity contribution in [2.24, 2.45) is 7.05 Å². The highest BCUT2D eigenvalue weighted by atomic mass is 16.6. The van der Waals surface area contributed by atoms with Crippen LogP contribution in [0.25, 0.3) is 0 Å². The predicted molar refractivity (Wildman–Crippen MR) is 58.3 cm³/mol. The van der Waals surface area contributed by atoms with Crippen LogP contribution in [-0.2, 0) is 13.5 Å². The maximum absolute atomic E-state index is 11.6. The molecule has 17 heavy (non-hydrogen) atoms. The van der Waals surface area contributed by atoms with Gasteiger partial charge in [0, 0.05) is 19.8 Å². The highest BCUT2D eigenvalue weighted by molar-refractivity contribution is 5.92. The third-order valence-electron chi connectivity index (χ3n) is 2.33. The summed E-state index contributed by atoms with van der Waals surface area (Å²) >= 11 is 0. The molecule has 0 aromatic carbocycles. The number of nitrogens with zero attached hydrogens (tertiary/aromatic N) is 4. The van der Waals surface area contributed by atoms with Gasteiger partial charge in [-0.05, 0) is 24.1 Å². The maximum Gasteiger partial charge on any atom is 0.275 e. The fourth-order valence-electron chi connectivity index (χ4n) is 1.44. The Labute approximate surface area is 97.8 Å². The van der Waals surface area contributed by atoms with Crippen molar-refractivity contribution in [3.05, 3.63) is 29.3 Å². The van der Waals surface area contributed by atoms with Gasteiger partial charge in [0.15, 0.2) is 5.69 Å². The molecule has 7 nitrogen and oxygen atoms in total.